The molecular weight excluding hydrogens is 556 g/mol. The molecule has 2 aliphatic heterocycles. The first-order valence-corrected chi connectivity index (χ1v) is 13.2. The Bertz CT molecular complexity index is 1550. The monoisotopic (exact) mass is 574 g/mol. The molecule has 3 aromatic rings. The summed E-state index contributed by atoms with van der Waals surface area (Å²) < 4.78 is 6.45. The number of nitrogens with one attached hydrogen (secondary N) is 1. The van der Waals surface area contributed by atoms with E-state index < -0.39 is 45.7 Å². The Morgan fingerprint density at radius 2 is 1.84 bits per heavy atom. The van der Waals surface area contributed by atoms with Gasteiger partial charge in [0.05, 0.1) is 18.1 Å². The van der Waals surface area contributed by atoms with Crippen molar-refractivity contribution in [3.05, 3.63) is 67.6 Å². The molecule has 0 spiro atoms. The minimum atomic E-state index is -1.19. The number of anilines is 1. The van der Waals surface area contributed by atoms with Crippen LogP contribution >= 0.6 is 34.7 Å². The summed E-state index contributed by atoms with van der Waals surface area (Å²) in [7, 11) is 1.36. The lowest BCUT2D eigenvalue weighted by Crippen LogP contribution is -2.41. The predicted molar refractivity (Wildman–Crippen MR) is 140 cm³/mol. The fourth-order valence-corrected chi connectivity index (χ4v) is 7.50. The van der Waals surface area contributed by atoms with Gasteiger partial charge in [0.25, 0.3) is 5.91 Å². The van der Waals surface area contributed by atoms with Crippen molar-refractivity contribution in [1.29, 1.82) is 0 Å². The number of thioether (sulfide) groups is 1. The number of hydrogen-bond acceptors (Lipinski definition) is 9. The lowest BCUT2D eigenvalue weighted by molar-refractivity contribution is -0.135. The minimum Gasteiger partial charge on any atom is -0.504 e. The highest BCUT2D eigenvalue weighted by atomic mass is 35.5. The first kappa shape index (κ1) is 25.8. The number of benzene rings is 2. The predicted octanol–water partition coefficient (Wildman–Crippen LogP) is 2.59. The number of phenols is 1. The number of methoxy groups -OCH3 is 1. The van der Waals surface area contributed by atoms with Crippen molar-refractivity contribution >= 4 is 64.1 Å². The standard InChI is InChI=1S/C24H19ClN4O7S2/c1-36-14-8-10(2-7-13(14)30)16-17-18(21(33)29(20(17)32)23(26)34)37-22-19(16)38-24(35)28(22)9-15(31)27-12-5-3-11(25)4-6-12/h2-8,16-18,30H,9H2,1H3,(H2,26,34)(H,27,31)/t16-,17?,18?/m0/s1. The largest absolute Gasteiger partial charge is 0.504 e. The van der Waals surface area contributed by atoms with Crippen molar-refractivity contribution in [2.45, 2.75) is 22.7 Å². The van der Waals surface area contributed by atoms with Gasteiger partial charge in [0.1, 0.15) is 11.8 Å². The number of aromatic nitrogens is 1. The van der Waals surface area contributed by atoms with Crippen LogP contribution in [0.15, 0.2) is 52.3 Å². The maximum atomic E-state index is 13.3. The molecule has 38 heavy (non-hydrogen) atoms. The number of imide groups is 3. The number of likely N-dealkylation sites (tertiary alicyclic amines) is 1. The molecule has 5 rings (SSSR count). The Balaban J connectivity index is 1.58. The fourth-order valence-electron chi connectivity index (χ4n) is 4.60. The Hall–Kier alpha value is -3.81. The first-order chi connectivity index (χ1) is 18.1. The molecule has 196 valence electrons. The van der Waals surface area contributed by atoms with Crippen LogP contribution in [0.5, 0.6) is 11.5 Å². The molecule has 0 radical (unpaired) electrons. The molecule has 3 heterocycles. The van der Waals surface area contributed by atoms with Crippen molar-refractivity contribution in [1.82, 2.24) is 9.47 Å². The third-order valence-corrected chi connectivity index (χ3v) is 9.12. The summed E-state index contributed by atoms with van der Waals surface area (Å²) in [5.74, 6) is -3.98. The number of nitrogens with zero attached hydrogens (tertiary/aromatic N) is 2. The number of aromatic hydroxyl groups is 1. The van der Waals surface area contributed by atoms with Gasteiger partial charge in [0.15, 0.2) is 11.5 Å². The molecule has 1 saturated heterocycles. The van der Waals surface area contributed by atoms with Crippen molar-refractivity contribution in [3.63, 3.8) is 0 Å². The summed E-state index contributed by atoms with van der Waals surface area (Å²) >= 11 is 7.67. The minimum absolute atomic E-state index is 0.122. The summed E-state index contributed by atoms with van der Waals surface area (Å²) in [5.41, 5.74) is 6.29. The average Bonchev–Trinajstić information content (AvgIpc) is 3.32. The Morgan fingerprint density at radius 3 is 2.50 bits per heavy atom. The molecule has 2 unspecified atom stereocenters. The molecule has 0 saturated carbocycles. The van der Waals surface area contributed by atoms with E-state index >= 15 is 0 Å². The van der Waals surface area contributed by atoms with Gasteiger partial charge in [-0.3, -0.25) is 23.7 Å². The maximum Gasteiger partial charge on any atom is 0.328 e. The Labute approximate surface area is 228 Å². The normalized spacial score (nSPS) is 20.2. The molecule has 11 nitrogen and oxygen atoms in total. The number of phenolic OH excluding ortho intramolecular Hbond substituents is 1. The second-order valence-electron chi connectivity index (χ2n) is 8.50. The van der Waals surface area contributed by atoms with Crippen LogP contribution in [0.1, 0.15) is 16.4 Å². The zero-order valence-electron chi connectivity index (χ0n) is 19.5. The number of ether oxygens (including phenoxy) is 1. The van der Waals surface area contributed by atoms with Crippen LogP contribution in [0.4, 0.5) is 10.5 Å². The number of hydrogen-bond donors (Lipinski definition) is 3. The van der Waals surface area contributed by atoms with Gasteiger partial charge in [0.2, 0.25) is 11.8 Å². The summed E-state index contributed by atoms with van der Waals surface area (Å²) in [6.45, 7) is -0.356. The Kier molecular flexibility index (Phi) is 6.67. The van der Waals surface area contributed by atoms with E-state index in [1.54, 1.807) is 30.3 Å². The van der Waals surface area contributed by atoms with Crippen LogP contribution in [-0.2, 0) is 20.9 Å². The summed E-state index contributed by atoms with van der Waals surface area (Å²) in [6.07, 6.45) is 0. The van der Waals surface area contributed by atoms with E-state index in [9.17, 15) is 29.1 Å². The number of primary amides is 1. The van der Waals surface area contributed by atoms with Crippen LogP contribution in [0, 0.1) is 5.92 Å². The molecule has 4 N–H and O–H groups in total. The smallest absolute Gasteiger partial charge is 0.328 e. The van der Waals surface area contributed by atoms with Gasteiger partial charge >= 0.3 is 10.9 Å². The highest BCUT2D eigenvalue weighted by molar-refractivity contribution is 8.00. The third kappa shape index (κ3) is 4.31. The average molecular weight is 575 g/mol. The summed E-state index contributed by atoms with van der Waals surface area (Å²) in [6, 6.07) is 9.67. The van der Waals surface area contributed by atoms with E-state index in [2.05, 4.69) is 5.32 Å². The highest BCUT2D eigenvalue weighted by Gasteiger charge is 2.58. The molecule has 5 amide bonds. The molecule has 0 bridgehead atoms. The van der Waals surface area contributed by atoms with Crippen LogP contribution in [0.25, 0.3) is 0 Å². The van der Waals surface area contributed by atoms with Gasteiger partial charge in [-0.25, -0.2) is 4.79 Å². The number of rotatable bonds is 5. The molecule has 2 aliphatic rings. The van der Waals surface area contributed by atoms with E-state index in [0.29, 0.717) is 31.1 Å². The summed E-state index contributed by atoms with van der Waals surface area (Å²) in [5, 5.41) is 12.5. The van der Waals surface area contributed by atoms with E-state index in [1.807, 2.05) is 0 Å². The van der Waals surface area contributed by atoms with Gasteiger partial charge in [-0.15, -0.1) is 0 Å². The Morgan fingerprint density at radius 1 is 1.13 bits per heavy atom. The van der Waals surface area contributed by atoms with Crippen molar-refractivity contribution in [2.24, 2.45) is 11.7 Å². The van der Waals surface area contributed by atoms with E-state index in [-0.39, 0.29) is 18.0 Å². The molecule has 14 heteroatoms. The number of carbonyl (C=O) groups is 4. The van der Waals surface area contributed by atoms with E-state index in [0.717, 1.165) is 23.1 Å². The lowest BCUT2D eigenvalue weighted by atomic mass is 9.83. The van der Waals surface area contributed by atoms with Crippen LogP contribution in [0.3, 0.4) is 0 Å². The molecule has 1 fully saturated rings. The van der Waals surface area contributed by atoms with Crippen LogP contribution in [0.2, 0.25) is 5.02 Å². The number of thiazole rings is 1. The van der Waals surface area contributed by atoms with Gasteiger partial charge in [-0.05, 0) is 42.0 Å². The number of amides is 5. The van der Waals surface area contributed by atoms with Crippen molar-refractivity contribution < 1.29 is 29.0 Å². The van der Waals surface area contributed by atoms with E-state index in [1.165, 1.54) is 23.8 Å². The van der Waals surface area contributed by atoms with Crippen molar-refractivity contribution in [2.75, 3.05) is 12.4 Å². The second kappa shape index (κ2) is 9.82. The quantitative estimate of drug-likeness (QED) is 0.392. The number of urea groups is 1. The SMILES string of the molecule is COc1cc([C@@H]2c3sc(=O)n(CC(=O)Nc4ccc(Cl)cc4)c3SC3C(=O)N(C(N)=O)C(=O)C32)ccc1O. The maximum absolute atomic E-state index is 13.3. The molecule has 0 aliphatic carbocycles. The topological polar surface area (TPSA) is 161 Å². The lowest BCUT2D eigenvalue weighted by Gasteiger charge is -2.30. The van der Waals surface area contributed by atoms with E-state index in [4.69, 9.17) is 22.1 Å². The van der Waals surface area contributed by atoms with Gasteiger partial charge in [0, 0.05) is 21.5 Å². The number of carbonyl (C=O) groups excluding carboxylic acids is 4. The molecule has 3 atom stereocenters. The molecular formula is C24H19ClN4O7S2. The fraction of sp³-hybridized carbons (Fsp3) is 0.208. The third-order valence-electron chi connectivity index (χ3n) is 6.26. The van der Waals surface area contributed by atoms with Crippen molar-refractivity contribution in [3.8, 4) is 11.5 Å². The molecule has 1 aromatic heterocycles. The number of fused-ring (bicyclic) bond motifs is 2. The zero-order chi connectivity index (χ0) is 27.3. The van der Waals surface area contributed by atoms with Gasteiger partial charge in [-0.1, -0.05) is 40.8 Å². The van der Waals surface area contributed by atoms with Gasteiger partial charge < -0.3 is 20.9 Å². The van der Waals surface area contributed by atoms with Gasteiger partial charge in [-0.2, -0.15) is 4.90 Å². The summed E-state index contributed by atoms with van der Waals surface area (Å²) in [4.78, 5) is 64.6. The molecule has 2 aromatic carbocycles. The van der Waals surface area contributed by atoms with Crippen LogP contribution < -0.4 is 20.7 Å². The van der Waals surface area contributed by atoms with Crippen LogP contribution in [-0.4, -0.2) is 50.7 Å². The zero-order valence-corrected chi connectivity index (χ0v) is 21.9. The number of nitrogens with two attached hydrogens (primary N) is 1. The highest BCUT2D eigenvalue weighted by Crippen LogP contribution is 2.53. The number of halogens is 1. The first-order valence-electron chi connectivity index (χ1n) is 11.1. The second-order valence-corrected chi connectivity index (χ2v) is 11.1.